The largest absolute Gasteiger partial charge is 0.416 e. The fourth-order valence-electron chi connectivity index (χ4n) is 2.03. The number of hydrogen-bond acceptors (Lipinski definition) is 3. The lowest BCUT2D eigenvalue weighted by atomic mass is 10.1. The maximum atomic E-state index is 13.3. The summed E-state index contributed by atoms with van der Waals surface area (Å²) in [5, 5.41) is 14.0. The predicted octanol–water partition coefficient (Wildman–Crippen LogP) is 3.39. The molecule has 0 aliphatic carbocycles. The van der Waals surface area contributed by atoms with Gasteiger partial charge in [-0.15, -0.1) is 0 Å². The first-order chi connectivity index (χ1) is 11.3. The molecule has 0 saturated carbocycles. The third-order valence-corrected chi connectivity index (χ3v) is 3.07. The number of hydrogen-bond donors (Lipinski definition) is 3. The Bertz CT molecular complexity index is 732. The molecule has 0 unspecified atom stereocenters. The van der Waals surface area contributed by atoms with Crippen molar-refractivity contribution in [1.29, 1.82) is 0 Å². The van der Waals surface area contributed by atoms with Crippen LogP contribution in [0.2, 0.25) is 0 Å². The number of carbonyl (C=O) groups excluding carboxylic acids is 1. The Morgan fingerprint density at radius 3 is 2.46 bits per heavy atom. The molecule has 0 aliphatic rings. The molecule has 0 heterocycles. The number of halogens is 4. The van der Waals surface area contributed by atoms with E-state index in [-0.39, 0.29) is 12.1 Å². The molecule has 2 aromatic rings. The Labute approximate surface area is 135 Å². The second-order valence-corrected chi connectivity index (χ2v) is 4.99. The average Bonchev–Trinajstić information content (AvgIpc) is 2.52. The zero-order valence-corrected chi connectivity index (χ0v) is 12.3. The van der Waals surface area contributed by atoms with Gasteiger partial charge in [-0.25, -0.2) is 4.39 Å². The molecule has 128 valence electrons. The molecular formula is C16H14F4N2O2. The van der Waals surface area contributed by atoms with E-state index < -0.39 is 30.1 Å². The normalized spacial score (nSPS) is 11.2. The number of nitrogens with one attached hydrogen (secondary N) is 2. The minimum Gasteiger partial charge on any atom is -0.387 e. The van der Waals surface area contributed by atoms with Crippen LogP contribution in [-0.4, -0.2) is 17.6 Å². The third-order valence-electron chi connectivity index (χ3n) is 3.07. The molecule has 0 fully saturated rings. The molecule has 0 spiro atoms. The standard InChI is InChI=1S/C16H14F4N2O2/c17-12-5-10(4-11(6-12)16(18,19)20)8-21-13-2-1-3-14(7-13)22-15(24)9-23/h1-7,21,23H,8-9H2,(H,22,24). The van der Waals surface area contributed by atoms with Gasteiger partial charge in [0.2, 0.25) is 5.91 Å². The molecule has 8 heteroatoms. The molecule has 0 saturated heterocycles. The van der Waals surface area contributed by atoms with Gasteiger partial charge in [0.15, 0.2) is 0 Å². The molecule has 0 aliphatic heterocycles. The number of benzene rings is 2. The lowest BCUT2D eigenvalue weighted by molar-refractivity contribution is -0.137. The van der Waals surface area contributed by atoms with Gasteiger partial charge in [0.1, 0.15) is 12.4 Å². The molecule has 0 bridgehead atoms. The zero-order chi connectivity index (χ0) is 17.7. The lowest BCUT2D eigenvalue weighted by Crippen LogP contribution is -2.15. The number of carbonyl (C=O) groups is 1. The molecule has 2 rings (SSSR count). The first kappa shape index (κ1) is 17.7. The van der Waals surface area contributed by atoms with Crippen LogP contribution in [0.4, 0.5) is 28.9 Å². The van der Waals surface area contributed by atoms with Crippen molar-refractivity contribution < 1.29 is 27.5 Å². The third kappa shape index (κ3) is 4.95. The van der Waals surface area contributed by atoms with Gasteiger partial charge in [-0.2, -0.15) is 13.2 Å². The maximum absolute atomic E-state index is 13.3. The van der Waals surface area contributed by atoms with Crippen LogP contribution in [0.15, 0.2) is 42.5 Å². The van der Waals surface area contributed by atoms with Crippen LogP contribution in [-0.2, 0) is 17.5 Å². The zero-order valence-electron chi connectivity index (χ0n) is 12.3. The highest BCUT2D eigenvalue weighted by atomic mass is 19.4. The van der Waals surface area contributed by atoms with E-state index in [1.807, 2.05) is 0 Å². The SMILES string of the molecule is O=C(CO)Nc1cccc(NCc2cc(F)cc(C(F)(F)F)c2)c1. The second kappa shape index (κ2) is 7.31. The molecule has 0 aromatic heterocycles. The summed E-state index contributed by atoms with van der Waals surface area (Å²) in [5.41, 5.74) is 0.00761. The minimum absolute atomic E-state index is 0.0295. The van der Waals surface area contributed by atoms with Crippen LogP contribution in [0.1, 0.15) is 11.1 Å². The summed E-state index contributed by atoms with van der Waals surface area (Å²) in [7, 11) is 0. The number of rotatable bonds is 5. The van der Waals surface area contributed by atoms with Crippen LogP contribution >= 0.6 is 0 Å². The molecule has 24 heavy (non-hydrogen) atoms. The Kier molecular flexibility index (Phi) is 5.40. The molecule has 4 nitrogen and oxygen atoms in total. The highest BCUT2D eigenvalue weighted by Gasteiger charge is 2.31. The summed E-state index contributed by atoms with van der Waals surface area (Å²) in [6, 6.07) is 8.70. The van der Waals surface area contributed by atoms with Gasteiger partial charge in [0, 0.05) is 17.9 Å². The quantitative estimate of drug-likeness (QED) is 0.730. The van der Waals surface area contributed by atoms with E-state index in [1.54, 1.807) is 18.2 Å². The van der Waals surface area contributed by atoms with Gasteiger partial charge in [-0.1, -0.05) is 6.07 Å². The Morgan fingerprint density at radius 1 is 1.08 bits per heavy atom. The predicted molar refractivity (Wildman–Crippen MR) is 80.9 cm³/mol. The molecular weight excluding hydrogens is 328 g/mol. The van der Waals surface area contributed by atoms with E-state index in [0.29, 0.717) is 17.4 Å². The van der Waals surface area contributed by atoms with Gasteiger partial charge in [0.05, 0.1) is 5.56 Å². The van der Waals surface area contributed by atoms with Crippen molar-refractivity contribution in [3.05, 3.63) is 59.4 Å². The summed E-state index contributed by atoms with van der Waals surface area (Å²) < 4.78 is 51.3. The van der Waals surface area contributed by atoms with Crippen molar-refractivity contribution in [3.8, 4) is 0 Å². The summed E-state index contributed by atoms with van der Waals surface area (Å²) in [4.78, 5) is 11.1. The summed E-state index contributed by atoms with van der Waals surface area (Å²) in [6.45, 7) is -0.695. The van der Waals surface area contributed by atoms with E-state index in [1.165, 1.54) is 6.07 Å². The van der Waals surface area contributed by atoms with Gasteiger partial charge >= 0.3 is 6.18 Å². The fourth-order valence-corrected chi connectivity index (χ4v) is 2.03. The monoisotopic (exact) mass is 342 g/mol. The van der Waals surface area contributed by atoms with Gasteiger partial charge in [0.25, 0.3) is 0 Å². The highest BCUT2D eigenvalue weighted by molar-refractivity contribution is 5.91. The molecule has 2 aromatic carbocycles. The van der Waals surface area contributed by atoms with Crippen LogP contribution in [0, 0.1) is 5.82 Å². The van der Waals surface area contributed by atoms with Crippen molar-refractivity contribution in [2.24, 2.45) is 0 Å². The van der Waals surface area contributed by atoms with Gasteiger partial charge in [-0.3, -0.25) is 4.79 Å². The number of anilines is 2. The van der Waals surface area contributed by atoms with Crippen LogP contribution in [0.5, 0.6) is 0 Å². The molecule has 3 N–H and O–H groups in total. The molecule has 1 amide bonds. The fraction of sp³-hybridized carbons (Fsp3) is 0.188. The van der Waals surface area contributed by atoms with E-state index >= 15 is 0 Å². The Balaban J connectivity index is 2.10. The van der Waals surface area contributed by atoms with E-state index in [0.717, 1.165) is 12.1 Å². The number of aliphatic hydroxyl groups is 1. The Hall–Kier alpha value is -2.61. The van der Waals surface area contributed by atoms with Crippen LogP contribution in [0.3, 0.4) is 0 Å². The first-order valence-corrected chi connectivity index (χ1v) is 6.89. The molecule has 0 atom stereocenters. The Morgan fingerprint density at radius 2 is 1.79 bits per heavy atom. The van der Waals surface area contributed by atoms with Crippen molar-refractivity contribution in [2.45, 2.75) is 12.7 Å². The highest BCUT2D eigenvalue weighted by Crippen LogP contribution is 2.30. The topological polar surface area (TPSA) is 61.4 Å². The van der Waals surface area contributed by atoms with Crippen LogP contribution in [0.25, 0.3) is 0 Å². The summed E-state index contributed by atoms with van der Waals surface area (Å²) >= 11 is 0. The van der Waals surface area contributed by atoms with Gasteiger partial charge < -0.3 is 15.7 Å². The van der Waals surface area contributed by atoms with Crippen molar-refractivity contribution in [2.75, 3.05) is 17.2 Å². The van der Waals surface area contributed by atoms with E-state index in [4.69, 9.17) is 5.11 Å². The average molecular weight is 342 g/mol. The minimum atomic E-state index is -4.62. The summed E-state index contributed by atoms with van der Waals surface area (Å²) in [6.07, 6.45) is -4.62. The maximum Gasteiger partial charge on any atom is 0.416 e. The second-order valence-electron chi connectivity index (χ2n) is 4.99. The van der Waals surface area contributed by atoms with Crippen LogP contribution < -0.4 is 10.6 Å². The number of aliphatic hydroxyl groups excluding tert-OH is 1. The van der Waals surface area contributed by atoms with Crippen molar-refractivity contribution >= 4 is 17.3 Å². The first-order valence-electron chi connectivity index (χ1n) is 6.89. The summed E-state index contributed by atoms with van der Waals surface area (Å²) in [5.74, 6) is -1.56. The van der Waals surface area contributed by atoms with Gasteiger partial charge in [-0.05, 0) is 42.0 Å². The van der Waals surface area contributed by atoms with E-state index in [2.05, 4.69) is 10.6 Å². The lowest BCUT2D eigenvalue weighted by Gasteiger charge is -2.12. The molecule has 0 radical (unpaired) electrons. The smallest absolute Gasteiger partial charge is 0.387 e. The number of amides is 1. The number of alkyl halides is 3. The van der Waals surface area contributed by atoms with E-state index in [9.17, 15) is 22.4 Å². The van der Waals surface area contributed by atoms with Crippen molar-refractivity contribution in [3.63, 3.8) is 0 Å². The van der Waals surface area contributed by atoms with Crippen molar-refractivity contribution in [1.82, 2.24) is 0 Å².